The molecule has 0 radical (unpaired) electrons. The fraction of sp³-hybridized carbons (Fsp3) is 0.458. The van der Waals surface area contributed by atoms with E-state index in [4.69, 9.17) is 9.47 Å². The smallest absolute Gasteiger partial charge is 0.279 e. The predicted octanol–water partition coefficient (Wildman–Crippen LogP) is 2.44. The average molecular weight is 413 g/mol. The zero-order chi connectivity index (χ0) is 21.5. The zero-order valence-electron chi connectivity index (χ0n) is 18.6. The van der Waals surface area contributed by atoms with Crippen molar-refractivity contribution < 1.29 is 19.2 Å². The highest BCUT2D eigenvalue weighted by Gasteiger charge is 2.24. The number of rotatable bonds is 8. The Hall–Kier alpha value is -2.73. The minimum Gasteiger partial charge on any atom is -0.494 e. The first kappa shape index (κ1) is 22.0. The highest BCUT2D eigenvalue weighted by molar-refractivity contribution is 5.93. The third kappa shape index (κ3) is 5.45. The molecule has 0 saturated carbocycles. The number of piperazine rings is 1. The zero-order valence-corrected chi connectivity index (χ0v) is 18.6. The number of quaternary nitrogens is 1. The molecule has 0 aliphatic carbocycles. The van der Waals surface area contributed by atoms with E-state index in [1.165, 1.54) is 21.7 Å². The summed E-state index contributed by atoms with van der Waals surface area (Å²) in [7, 11) is 0. The fourth-order valence-electron chi connectivity index (χ4n) is 3.88. The van der Waals surface area contributed by atoms with E-state index in [0.717, 1.165) is 31.9 Å². The molecule has 30 heavy (non-hydrogen) atoms. The number of nitrogens with one attached hydrogen (secondary N) is 2. The summed E-state index contributed by atoms with van der Waals surface area (Å²) in [6.07, 6.45) is 0. The number of aryl methyl sites for hydroxylation is 1. The summed E-state index contributed by atoms with van der Waals surface area (Å²) >= 11 is 0. The quantitative estimate of drug-likeness (QED) is 0.699. The molecule has 0 unspecified atom stereocenters. The molecule has 2 aromatic carbocycles. The Morgan fingerprint density at radius 2 is 1.80 bits per heavy atom. The van der Waals surface area contributed by atoms with Gasteiger partial charge in [0.25, 0.3) is 5.91 Å². The topological polar surface area (TPSA) is 55.2 Å². The van der Waals surface area contributed by atoms with Crippen LogP contribution in [0, 0.1) is 13.8 Å². The number of hydrogen-bond donors (Lipinski definition) is 2. The molecule has 0 aromatic heterocycles. The van der Waals surface area contributed by atoms with Gasteiger partial charge in [-0.1, -0.05) is 12.1 Å². The third-order valence-corrected chi connectivity index (χ3v) is 5.63. The van der Waals surface area contributed by atoms with Crippen molar-refractivity contribution in [3.63, 3.8) is 0 Å². The first-order valence-electron chi connectivity index (χ1n) is 10.9. The molecule has 162 valence electrons. The van der Waals surface area contributed by atoms with Gasteiger partial charge in [0.2, 0.25) is 0 Å². The number of ether oxygens (including phenoxy) is 2. The monoisotopic (exact) mass is 412 g/mol. The standard InChI is InChI=1S/C24H33N3O3/c1-5-29-20-10-11-23(30-6-2)21(16-20)25-24(28)17-26-12-14-27(15-13-26)22-9-7-8-18(3)19(22)4/h7-11,16H,5-6,12-15,17H2,1-4H3,(H,25,28)/p+1. The van der Waals surface area contributed by atoms with Crippen LogP contribution in [0.5, 0.6) is 11.5 Å². The average Bonchev–Trinajstić information content (AvgIpc) is 2.73. The lowest BCUT2D eigenvalue weighted by Gasteiger charge is -2.34. The Balaban J connectivity index is 1.57. The molecule has 1 amide bonds. The van der Waals surface area contributed by atoms with Crippen molar-refractivity contribution in [3.05, 3.63) is 47.5 Å². The van der Waals surface area contributed by atoms with Crippen LogP contribution in [0.2, 0.25) is 0 Å². The lowest BCUT2D eigenvalue weighted by atomic mass is 10.1. The highest BCUT2D eigenvalue weighted by atomic mass is 16.5. The SMILES string of the molecule is CCOc1ccc(OCC)c(NC(=O)C[NH+]2CCN(c3cccc(C)c3C)CC2)c1. The van der Waals surface area contributed by atoms with Crippen LogP contribution in [0.4, 0.5) is 11.4 Å². The molecule has 6 nitrogen and oxygen atoms in total. The Labute approximate surface area is 179 Å². The van der Waals surface area contributed by atoms with E-state index in [-0.39, 0.29) is 5.91 Å². The summed E-state index contributed by atoms with van der Waals surface area (Å²) in [5.41, 5.74) is 4.64. The maximum Gasteiger partial charge on any atom is 0.279 e. The van der Waals surface area contributed by atoms with Crippen LogP contribution in [-0.4, -0.2) is 51.8 Å². The summed E-state index contributed by atoms with van der Waals surface area (Å²) < 4.78 is 11.2. The van der Waals surface area contributed by atoms with Crippen molar-refractivity contribution in [1.29, 1.82) is 0 Å². The van der Waals surface area contributed by atoms with Gasteiger partial charge in [0.15, 0.2) is 6.54 Å². The van der Waals surface area contributed by atoms with E-state index in [2.05, 4.69) is 42.3 Å². The summed E-state index contributed by atoms with van der Waals surface area (Å²) in [6, 6.07) is 12.0. The fourth-order valence-corrected chi connectivity index (χ4v) is 3.88. The summed E-state index contributed by atoms with van der Waals surface area (Å²) in [5.74, 6) is 1.40. The molecule has 0 bridgehead atoms. The lowest BCUT2D eigenvalue weighted by Crippen LogP contribution is -3.15. The maximum absolute atomic E-state index is 12.7. The van der Waals surface area contributed by atoms with Gasteiger partial charge >= 0.3 is 0 Å². The van der Waals surface area contributed by atoms with Crippen molar-refractivity contribution in [3.8, 4) is 11.5 Å². The summed E-state index contributed by atoms with van der Waals surface area (Å²) in [4.78, 5) is 16.4. The van der Waals surface area contributed by atoms with Crippen LogP contribution >= 0.6 is 0 Å². The molecule has 1 saturated heterocycles. The van der Waals surface area contributed by atoms with E-state index in [1.807, 2.05) is 32.0 Å². The normalized spacial score (nSPS) is 14.5. The second-order valence-corrected chi connectivity index (χ2v) is 7.71. The van der Waals surface area contributed by atoms with E-state index in [1.54, 1.807) is 0 Å². The molecule has 1 heterocycles. The number of nitrogens with zero attached hydrogens (tertiary/aromatic N) is 1. The van der Waals surface area contributed by atoms with Crippen LogP contribution in [-0.2, 0) is 4.79 Å². The molecule has 2 aromatic rings. The van der Waals surface area contributed by atoms with Crippen molar-refractivity contribution in [2.24, 2.45) is 0 Å². The molecule has 3 rings (SSSR count). The van der Waals surface area contributed by atoms with Gasteiger partial charge in [-0.15, -0.1) is 0 Å². The van der Waals surface area contributed by atoms with E-state index < -0.39 is 0 Å². The summed E-state index contributed by atoms with van der Waals surface area (Å²) in [6.45, 7) is 13.6. The van der Waals surface area contributed by atoms with Crippen molar-refractivity contribution >= 4 is 17.3 Å². The van der Waals surface area contributed by atoms with Crippen LogP contribution in [0.15, 0.2) is 36.4 Å². The first-order valence-corrected chi connectivity index (χ1v) is 10.9. The summed E-state index contributed by atoms with van der Waals surface area (Å²) in [5, 5.41) is 3.02. The van der Waals surface area contributed by atoms with Crippen molar-refractivity contribution in [2.45, 2.75) is 27.7 Å². The second-order valence-electron chi connectivity index (χ2n) is 7.71. The van der Waals surface area contributed by atoms with Gasteiger partial charge in [-0.25, -0.2) is 0 Å². The van der Waals surface area contributed by atoms with Gasteiger partial charge in [-0.3, -0.25) is 4.79 Å². The molecular weight excluding hydrogens is 378 g/mol. The molecule has 6 heteroatoms. The van der Waals surface area contributed by atoms with Gasteiger partial charge in [-0.05, 0) is 57.0 Å². The number of benzene rings is 2. The second kappa shape index (κ2) is 10.3. The van der Waals surface area contributed by atoms with Crippen LogP contribution in [0.25, 0.3) is 0 Å². The number of carbonyl (C=O) groups excluding carboxylic acids is 1. The van der Waals surface area contributed by atoms with Gasteiger partial charge < -0.3 is 24.6 Å². The lowest BCUT2D eigenvalue weighted by molar-refractivity contribution is -0.892. The van der Waals surface area contributed by atoms with Gasteiger partial charge in [-0.2, -0.15) is 0 Å². The molecule has 0 spiro atoms. The van der Waals surface area contributed by atoms with Crippen LogP contribution in [0.1, 0.15) is 25.0 Å². The largest absolute Gasteiger partial charge is 0.494 e. The first-order chi connectivity index (χ1) is 14.5. The van der Waals surface area contributed by atoms with Gasteiger partial charge in [0.05, 0.1) is 45.1 Å². The number of carbonyl (C=O) groups is 1. The molecule has 0 atom stereocenters. The van der Waals surface area contributed by atoms with E-state index >= 15 is 0 Å². The van der Waals surface area contributed by atoms with E-state index in [9.17, 15) is 4.79 Å². The third-order valence-electron chi connectivity index (χ3n) is 5.63. The maximum atomic E-state index is 12.7. The van der Waals surface area contributed by atoms with E-state index in [0.29, 0.717) is 31.2 Å². The molecule has 1 aliphatic rings. The molecule has 1 fully saturated rings. The molecule has 2 N–H and O–H groups in total. The number of hydrogen-bond acceptors (Lipinski definition) is 4. The van der Waals surface area contributed by atoms with Gasteiger partial charge in [0.1, 0.15) is 11.5 Å². The minimum absolute atomic E-state index is 0.000197. The number of anilines is 2. The Morgan fingerprint density at radius 3 is 2.50 bits per heavy atom. The van der Waals surface area contributed by atoms with Crippen LogP contribution in [0.3, 0.4) is 0 Å². The molecule has 1 aliphatic heterocycles. The Bertz CT molecular complexity index is 861. The number of amides is 1. The van der Waals surface area contributed by atoms with Gasteiger partial charge in [0, 0.05) is 11.8 Å². The highest BCUT2D eigenvalue weighted by Crippen LogP contribution is 2.29. The minimum atomic E-state index is -0.000197. The Morgan fingerprint density at radius 1 is 1.07 bits per heavy atom. The van der Waals surface area contributed by atoms with Crippen molar-refractivity contribution in [2.75, 3.05) is 56.2 Å². The predicted molar refractivity (Wildman–Crippen MR) is 121 cm³/mol. The van der Waals surface area contributed by atoms with Crippen LogP contribution < -0.4 is 24.6 Å². The molecular formula is C24H34N3O3+. The van der Waals surface area contributed by atoms with Crippen molar-refractivity contribution in [1.82, 2.24) is 0 Å². The Kier molecular flexibility index (Phi) is 7.57.